The van der Waals surface area contributed by atoms with Gasteiger partial charge in [0.05, 0.1) is 27.7 Å². The van der Waals surface area contributed by atoms with E-state index < -0.39 is 26.5 Å². The van der Waals surface area contributed by atoms with Crippen LogP contribution in [-0.2, 0) is 32.7 Å². The first kappa shape index (κ1) is 72.4. The summed E-state index contributed by atoms with van der Waals surface area (Å²) in [7, 11) is 1.45. The van der Waals surface area contributed by atoms with Crippen LogP contribution in [0.3, 0.4) is 0 Å². The van der Waals surface area contributed by atoms with Crippen molar-refractivity contribution < 1.29 is 42.1 Å². The molecule has 2 atom stereocenters. The van der Waals surface area contributed by atoms with Crippen LogP contribution < -0.4 is 0 Å². The maximum absolute atomic E-state index is 12.8. The summed E-state index contributed by atoms with van der Waals surface area (Å²) in [5.74, 6) is -0.825. The number of unbranched alkanes of at least 4 members (excludes halogenated alkanes) is 20. The molecule has 2 unspecified atom stereocenters. The third-order valence-corrected chi connectivity index (χ3v) is 13.5. The molecule has 0 rings (SSSR count). The Balaban J connectivity index is 4.22. The standard InChI is InChI=1S/C66H112NO8P/c1-6-8-10-12-14-16-18-20-22-24-26-28-29-30-31-32-33-34-35-36-37-39-41-43-45-47-49-51-53-55-57-59-66(69)75-64(63-74-76(70,71)73-61-60-67(3,4)5)62-72-65(68)58-56-54-52-50-48-46-44-42-40-38-27-25-23-21-19-17-15-13-11-9-7-2/h8,10,14,16,19-22,25-28,30-31,33-34,36-37,40,42,64H,6-7,9,11-13,15,17-18,23-24,29,32,35,38-39,41,43-63H2,1-5H3/p+1/b10-8-,16-14-,21-19-,22-20-,27-25-,28-26-,31-30-,34-33-,37-36-,42-40-. The maximum atomic E-state index is 12.8. The molecule has 0 aliphatic rings. The Morgan fingerprint density at radius 1 is 0.421 bits per heavy atom. The number of hydrogen-bond donors (Lipinski definition) is 1. The van der Waals surface area contributed by atoms with Gasteiger partial charge in [0.1, 0.15) is 19.8 Å². The number of carbonyl (C=O) groups excluding carboxylic acids is 2. The normalized spacial score (nSPS) is 14.1. The summed E-state index contributed by atoms with van der Waals surface area (Å²) in [6.45, 7) is 4.28. The molecule has 10 heteroatoms. The third-order valence-electron chi connectivity index (χ3n) is 12.5. The maximum Gasteiger partial charge on any atom is 0.472 e. The van der Waals surface area contributed by atoms with Crippen molar-refractivity contribution in [2.75, 3.05) is 47.5 Å². The van der Waals surface area contributed by atoms with Crippen molar-refractivity contribution >= 4 is 19.8 Å². The molecule has 434 valence electrons. The number of allylic oxidation sites excluding steroid dienone is 20. The van der Waals surface area contributed by atoms with Gasteiger partial charge in [-0.15, -0.1) is 0 Å². The van der Waals surface area contributed by atoms with E-state index in [0.717, 1.165) is 116 Å². The van der Waals surface area contributed by atoms with Crippen LogP contribution in [0.5, 0.6) is 0 Å². The van der Waals surface area contributed by atoms with Crippen molar-refractivity contribution in [2.24, 2.45) is 0 Å². The number of phosphoric ester groups is 1. The quantitative estimate of drug-likeness (QED) is 0.0211. The zero-order valence-corrected chi connectivity index (χ0v) is 50.1. The summed E-state index contributed by atoms with van der Waals surface area (Å²) in [6, 6.07) is 0. The molecule has 0 heterocycles. The van der Waals surface area contributed by atoms with Crippen LogP contribution in [0.2, 0.25) is 0 Å². The second-order valence-electron chi connectivity index (χ2n) is 21.0. The second kappa shape index (κ2) is 56.1. The van der Waals surface area contributed by atoms with Crippen molar-refractivity contribution in [3.63, 3.8) is 0 Å². The molecule has 0 fully saturated rings. The molecule has 0 aromatic heterocycles. The molecule has 0 amide bonds. The third kappa shape index (κ3) is 59.7. The van der Waals surface area contributed by atoms with Gasteiger partial charge in [0.25, 0.3) is 0 Å². The molecule has 0 radical (unpaired) electrons. The Bertz CT molecular complexity index is 1700. The minimum atomic E-state index is -4.40. The van der Waals surface area contributed by atoms with Crippen LogP contribution >= 0.6 is 7.82 Å². The number of rotatable bonds is 54. The lowest BCUT2D eigenvalue weighted by Crippen LogP contribution is -2.37. The summed E-state index contributed by atoms with van der Waals surface area (Å²) in [5.41, 5.74) is 0. The number of hydrogen-bond acceptors (Lipinski definition) is 7. The van der Waals surface area contributed by atoms with Gasteiger partial charge in [-0.25, -0.2) is 4.57 Å². The van der Waals surface area contributed by atoms with Crippen molar-refractivity contribution in [3.05, 3.63) is 122 Å². The fraction of sp³-hybridized carbons (Fsp3) is 0.667. The van der Waals surface area contributed by atoms with Gasteiger partial charge in [-0.05, 0) is 109 Å². The van der Waals surface area contributed by atoms with E-state index in [1.807, 2.05) is 21.1 Å². The summed E-state index contributed by atoms with van der Waals surface area (Å²) < 4.78 is 34.6. The van der Waals surface area contributed by atoms with Crippen molar-refractivity contribution in [3.8, 4) is 0 Å². The molecule has 0 spiro atoms. The lowest BCUT2D eigenvalue weighted by Gasteiger charge is -2.24. The van der Waals surface area contributed by atoms with E-state index in [9.17, 15) is 19.0 Å². The summed E-state index contributed by atoms with van der Waals surface area (Å²) in [6.07, 6.45) is 79.8. The Labute approximate surface area is 467 Å². The predicted molar refractivity (Wildman–Crippen MR) is 325 cm³/mol. The summed E-state index contributed by atoms with van der Waals surface area (Å²) in [5, 5.41) is 0. The molecule has 0 aromatic rings. The minimum Gasteiger partial charge on any atom is -0.462 e. The highest BCUT2D eigenvalue weighted by Crippen LogP contribution is 2.43. The Morgan fingerprint density at radius 3 is 1.12 bits per heavy atom. The molecule has 0 aromatic carbocycles. The van der Waals surface area contributed by atoms with Crippen LogP contribution in [0.25, 0.3) is 0 Å². The first-order valence-electron chi connectivity index (χ1n) is 30.3. The van der Waals surface area contributed by atoms with Gasteiger partial charge in [-0.3, -0.25) is 18.6 Å². The Kier molecular flexibility index (Phi) is 53.5. The molecular formula is C66H113NO8P+. The minimum absolute atomic E-state index is 0.0217. The summed E-state index contributed by atoms with van der Waals surface area (Å²) >= 11 is 0. The van der Waals surface area contributed by atoms with Gasteiger partial charge in [0.2, 0.25) is 0 Å². The van der Waals surface area contributed by atoms with E-state index in [1.54, 1.807) is 0 Å². The number of nitrogens with zero attached hydrogens (tertiary/aromatic N) is 1. The second-order valence-corrected chi connectivity index (χ2v) is 22.5. The van der Waals surface area contributed by atoms with Crippen molar-refractivity contribution in [1.82, 2.24) is 0 Å². The van der Waals surface area contributed by atoms with Gasteiger partial charge in [0.15, 0.2) is 6.10 Å². The first-order chi connectivity index (χ1) is 37.0. The number of quaternary nitrogens is 1. The monoisotopic (exact) mass is 1080 g/mol. The van der Waals surface area contributed by atoms with E-state index in [0.29, 0.717) is 17.4 Å². The van der Waals surface area contributed by atoms with Crippen LogP contribution in [0.15, 0.2) is 122 Å². The molecule has 9 nitrogen and oxygen atoms in total. The highest BCUT2D eigenvalue weighted by Gasteiger charge is 2.27. The highest BCUT2D eigenvalue weighted by atomic mass is 31.2. The number of phosphoric acid groups is 1. The van der Waals surface area contributed by atoms with Crippen LogP contribution in [0.4, 0.5) is 0 Å². The zero-order chi connectivity index (χ0) is 55.6. The molecular weight excluding hydrogens is 966 g/mol. The van der Waals surface area contributed by atoms with Gasteiger partial charge < -0.3 is 18.9 Å². The van der Waals surface area contributed by atoms with Crippen molar-refractivity contribution in [2.45, 2.75) is 238 Å². The number of ether oxygens (including phenoxy) is 2. The molecule has 0 saturated heterocycles. The molecule has 0 aliphatic carbocycles. The van der Waals surface area contributed by atoms with Crippen LogP contribution in [0.1, 0.15) is 232 Å². The topological polar surface area (TPSA) is 108 Å². The van der Waals surface area contributed by atoms with Gasteiger partial charge in [-0.1, -0.05) is 232 Å². The van der Waals surface area contributed by atoms with Crippen LogP contribution in [0, 0.1) is 0 Å². The average molecular weight is 1080 g/mol. The predicted octanol–water partition coefficient (Wildman–Crippen LogP) is 19.1. The lowest BCUT2D eigenvalue weighted by molar-refractivity contribution is -0.870. The molecule has 1 N–H and O–H groups in total. The molecule has 76 heavy (non-hydrogen) atoms. The van der Waals surface area contributed by atoms with Crippen LogP contribution in [-0.4, -0.2) is 74.9 Å². The Hall–Kier alpha value is -3.59. The highest BCUT2D eigenvalue weighted by molar-refractivity contribution is 7.47. The van der Waals surface area contributed by atoms with Gasteiger partial charge >= 0.3 is 19.8 Å². The van der Waals surface area contributed by atoms with Gasteiger partial charge in [-0.2, -0.15) is 0 Å². The number of likely N-dealkylation sites (N-methyl/N-ethyl adjacent to an activating group) is 1. The van der Waals surface area contributed by atoms with E-state index in [1.165, 1.54) is 83.5 Å². The zero-order valence-electron chi connectivity index (χ0n) is 49.2. The van der Waals surface area contributed by atoms with Crippen molar-refractivity contribution in [1.29, 1.82) is 0 Å². The fourth-order valence-corrected chi connectivity index (χ4v) is 8.57. The number of carbonyl (C=O) groups is 2. The molecule has 0 aliphatic heterocycles. The number of esters is 2. The molecule has 0 bridgehead atoms. The smallest absolute Gasteiger partial charge is 0.462 e. The largest absolute Gasteiger partial charge is 0.472 e. The van der Waals surface area contributed by atoms with E-state index in [-0.39, 0.29) is 32.0 Å². The average Bonchev–Trinajstić information content (AvgIpc) is 3.38. The fourth-order valence-electron chi connectivity index (χ4n) is 7.83. The summed E-state index contributed by atoms with van der Waals surface area (Å²) in [4.78, 5) is 35.7. The van der Waals surface area contributed by atoms with E-state index in [4.69, 9.17) is 18.5 Å². The SMILES string of the molecule is CC/C=C\C/C=C\C/C=C\C/C=C\C/C=C\C/C=C\C/C=C\CCCCCCCCCCCC(=O)OC(COC(=O)CCCCCCCC/C=C\C/C=C\C/C=C\CCCCCCC)COP(=O)(O)OCC[N+](C)(C)C. The van der Waals surface area contributed by atoms with E-state index >= 15 is 0 Å². The van der Waals surface area contributed by atoms with Gasteiger partial charge in [0, 0.05) is 12.8 Å². The first-order valence-corrected chi connectivity index (χ1v) is 31.8. The molecule has 0 saturated carbocycles. The Morgan fingerprint density at radius 2 is 0.750 bits per heavy atom. The lowest BCUT2D eigenvalue weighted by atomic mass is 10.1. The van der Waals surface area contributed by atoms with E-state index in [2.05, 4.69) is 135 Å².